The minimum absolute atomic E-state index is 0.321. The molecule has 2 N–H and O–H groups in total. The SMILES string of the molecule is Cc1ccc(C)c(C(CN)N(C)CCCN(C)C)c1. The maximum absolute atomic E-state index is 6.00. The van der Waals surface area contributed by atoms with Gasteiger partial charge >= 0.3 is 0 Å². The van der Waals surface area contributed by atoms with E-state index in [9.17, 15) is 0 Å². The van der Waals surface area contributed by atoms with Crippen molar-refractivity contribution < 1.29 is 0 Å². The Kier molecular flexibility index (Phi) is 6.49. The summed E-state index contributed by atoms with van der Waals surface area (Å²) >= 11 is 0. The van der Waals surface area contributed by atoms with Crippen molar-refractivity contribution in [3.63, 3.8) is 0 Å². The first-order valence-corrected chi connectivity index (χ1v) is 7.08. The summed E-state index contributed by atoms with van der Waals surface area (Å²) in [5, 5.41) is 0. The lowest BCUT2D eigenvalue weighted by molar-refractivity contribution is 0.234. The second kappa shape index (κ2) is 7.63. The van der Waals surface area contributed by atoms with Gasteiger partial charge in [0.1, 0.15) is 0 Å². The molecule has 1 atom stereocenters. The van der Waals surface area contributed by atoms with E-state index in [1.807, 2.05) is 0 Å². The predicted molar refractivity (Wildman–Crippen MR) is 83.5 cm³/mol. The predicted octanol–water partition coefficient (Wildman–Crippen LogP) is 2.19. The molecule has 0 amide bonds. The Labute approximate surface area is 118 Å². The van der Waals surface area contributed by atoms with Gasteiger partial charge in [-0.1, -0.05) is 23.8 Å². The molecular formula is C16H29N3. The van der Waals surface area contributed by atoms with E-state index >= 15 is 0 Å². The summed E-state index contributed by atoms with van der Waals surface area (Å²) in [6, 6.07) is 6.96. The third-order valence-electron chi connectivity index (χ3n) is 3.67. The highest BCUT2D eigenvalue weighted by atomic mass is 15.1. The molecule has 0 aliphatic carbocycles. The molecule has 1 rings (SSSR count). The summed E-state index contributed by atoms with van der Waals surface area (Å²) < 4.78 is 0. The van der Waals surface area contributed by atoms with Crippen LogP contribution in [0, 0.1) is 13.8 Å². The second-order valence-electron chi connectivity index (χ2n) is 5.75. The van der Waals surface area contributed by atoms with Crippen LogP contribution >= 0.6 is 0 Å². The van der Waals surface area contributed by atoms with E-state index < -0.39 is 0 Å². The summed E-state index contributed by atoms with van der Waals surface area (Å²) in [5.74, 6) is 0. The van der Waals surface area contributed by atoms with Crippen LogP contribution in [0.15, 0.2) is 18.2 Å². The van der Waals surface area contributed by atoms with Gasteiger partial charge in [-0.2, -0.15) is 0 Å². The molecule has 3 heteroatoms. The fourth-order valence-corrected chi connectivity index (χ4v) is 2.46. The number of benzene rings is 1. The average molecular weight is 263 g/mol. The monoisotopic (exact) mass is 263 g/mol. The van der Waals surface area contributed by atoms with Gasteiger partial charge in [-0.15, -0.1) is 0 Å². The van der Waals surface area contributed by atoms with Gasteiger partial charge in [0, 0.05) is 12.6 Å². The molecule has 19 heavy (non-hydrogen) atoms. The number of nitrogens with two attached hydrogens (primary N) is 1. The fourth-order valence-electron chi connectivity index (χ4n) is 2.46. The number of nitrogens with zero attached hydrogens (tertiary/aromatic N) is 2. The van der Waals surface area contributed by atoms with E-state index in [1.54, 1.807) is 0 Å². The first-order valence-electron chi connectivity index (χ1n) is 7.08. The van der Waals surface area contributed by atoms with Gasteiger partial charge in [-0.05, 0) is 65.6 Å². The molecule has 0 saturated carbocycles. The number of likely N-dealkylation sites (N-methyl/N-ethyl adjacent to an activating group) is 1. The van der Waals surface area contributed by atoms with Crippen LogP contribution in [0.5, 0.6) is 0 Å². The standard InChI is InChI=1S/C16H29N3/c1-13-7-8-14(2)15(11-13)16(12-17)19(5)10-6-9-18(3)4/h7-8,11,16H,6,9-10,12,17H2,1-5H3. The molecule has 1 aromatic rings. The number of hydrogen-bond acceptors (Lipinski definition) is 3. The molecule has 0 heterocycles. The molecule has 0 bridgehead atoms. The van der Waals surface area contributed by atoms with Gasteiger partial charge in [0.05, 0.1) is 0 Å². The highest BCUT2D eigenvalue weighted by molar-refractivity contribution is 5.33. The molecule has 108 valence electrons. The van der Waals surface area contributed by atoms with Crippen LogP contribution in [0.25, 0.3) is 0 Å². The Morgan fingerprint density at radius 2 is 1.79 bits per heavy atom. The first kappa shape index (κ1) is 16.2. The van der Waals surface area contributed by atoms with E-state index in [0.717, 1.165) is 13.1 Å². The molecule has 1 unspecified atom stereocenters. The Balaban J connectivity index is 2.73. The molecule has 0 aromatic heterocycles. The number of rotatable bonds is 7. The first-order chi connectivity index (χ1) is 8.95. The number of aryl methyl sites for hydroxylation is 2. The second-order valence-corrected chi connectivity index (χ2v) is 5.75. The Bertz CT molecular complexity index is 388. The van der Waals surface area contributed by atoms with Crippen molar-refractivity contribution >= 4 is 0 Å². The molecular weight excluding hydrogens is 234 g/mol. The van der Waals surface area contributed by atoms with E-state index in [1.165, 1.54) is 23.1 Å². The van der Waals surface area contributed by atoms with Gasteiger partial charge in [0.15, 0.2) is 0 Å². The Morgan fingerprint density at radius 1 is 1.11 bits per heavy atom. The molecule has 1 aromatic carbocycles. The number of hydrogen-bond donors (Lipinski definition) is 1. The van der Waals surface area contributed by atoms with Gasteiger partial charge in [0.25, 0.3) is 0 Å². The van der Waals surface area contributed by atoms with E-state index in [-0.39, 0.29) is 0 Å². The molecule has 3 nitrogen and oxygen atoms in total. The minimum atomic E-state index is 0.321. The minimum Gasteiger partial charge on any atom is -0.329 e. The summed E-state index contributed by atoms with van der Waals surface area (Å²) in [6.07, 6.45) is 1.17. The molecule has 0 radical (unpaired) electrons. The van der Waals surface area contributed by atoms with E-state index in [2.05, 4.69) is 63.0 Å². The lowest BCUT2D eigenvalue weighted by atomic mass is 9.98. The molecule has 0 fully saturated rings. The quantitative estimate of drug-likeness (QED) is 0.818. The van der Waals surface area contributed by atoms with Gasteiger partial charge < -0.3 is 10.6 Å². The normalized spacial score (nSPS) is 13.3. The summed E-state index contributed by atoms with van der Waals surface area (Å²) in [6.45, 7) is 7.18. The van der Waals surface area contributed by atoms with Crippen molar-refractivity contribution in [3.05, 3.63) is 34.9 Å². The van der Waals surface area contributed by atoms with Crippen molar-refractivity contribution in [3.8, 4) is 0 Å². The van der Waals surface area contributed by atoms with Gasteiger partial charge in [0.2, 0.25) is 0 Å². The maximum Gasteiger partial charge on any atom is 0.0470 e. The van der Waals surface area contributed by atoms with Crippen LogP contribution in [-0.2, 0) is 0 Å². The smallest absolute Gasteiger partial charge is 0.0470 e. The van der Waals surface area contributed by atoms with Crippen LogP contribution in [0.1, 0.15) is 29.2 Å². The Hall–Kier alpha value is -0.900. The van der Waals surface area contributed by atoms with Gasteiger partial charge in [-0.25, -0.2) is 0 Å². The zero-order chi connectivity index (χ0) is 14.4. The van der Waals surface area contributed by atoms with Crippen LogP contribution in [0.4, 0.5) is 0 Å². The van der Waals surface area contributed by atoms with Crippen LogP contribution in [-0.4, -0.2) is 50.6 Å². The van der Waals surface area contributed by atoms with Crippen molar-refractivity contribution in [2.24, 2.45) is 5.73 Å². The maximum atomic E-state index is 6.00. The van der Waals surface area contributed by atoms with Crippen LogP contribution < -0.4 is 5.73 Å². The van der Waals surface area contributed by atoms with Crippen molar-refractivity contribution in [2.45, 2.75) is 26.3 Å². The molecule has 0 spiro atoms. The van der Waals surface area contributed by atoms with Crippen molar-refractivity contribution in [1.29, 1.82) is 0 Å². The Morgan fingerprint density at radius 3 is 2.37 bits per heavy atom. The zero-order valence-electron chi connectivity index (χ0n) is 13.1. The van der Waals surface area contributed by atoms with Gasteiger partial charge in [-0.3, -0.25) is 4.90 Å². The average Bonchev–Trinajstić information content (AvgIpc) is 2.34. The highest BCUT2D eigenvalue weighted by Crippen LogP contribution is 2.23. The molecule has 0 aliphatic heterocycles. The zero-order valence-corrected chi connectivity index (χ0v) is 13.1. The topological polar surface area (TPSA) is 32.5 Å². The summed E-state index contributed by atoms with van der Waals surface area (Å²) in [7, 11) is 6.41. The highest BCUT2D eigenvalue weighted by Gasteiger charge is 2.17. The molecule has 0 aliphatic rings. The van der Waals surface area contributed by atoms with Crippen LogP contribution in [0.2, 0.25) is 0 Å². The van der Waals surface area contributed by atoms with Crippen LogP contribution in [0.3, 0.4) is 0 Å². The largest absolute Gasteiger partial charge is 0.329 e. The van der Waals surface area contributed by atoms with Crippen molar-refractivity contribution in [2.75, 3.05) is 40.8 Å². The van der Waals surface area contributed by atoms with Crippen molar-refractivity contribution in [1.82, 2.24) is 9.80 Å². The fraction of sp³-hybridized carbons (Fsp3) is 0.625. The summed E-state index contributed by atoms with van der Waals surface area (Å²) in [5.41, 5.74) is 10.0. The third kappa shape index (κ3) is 4.94. The van der Waals surface area contributed by atoms with E-state index in [0.29, 0.717) is 12.6 Å². The third-order valence-corrected chi connectivity index (χ3v) is 3.67. The van der Waals surface area contributed by atoms with E-state index in [4.69, 9.17) is 5.73 Å². The lowest BCUT2D eigenvalue weighted by Gasteiger charge is -2.29. The molecule has 0 saturated heterocycles. The lowest BCUT2D eigenvalue weighted by Crippen LogP contribution is -2.33. The summed E-state index contributed by atoms with van der Waals surface area (Å²) in [4.78, 5) is 4.61.